The van der Waals surface area contributed by atoms with Crippen molar-refractivity contribution in [3.8, 4) is 11.5 Å². The van der Waals surface area contributed by atoms with Crippen molar-refractivity contribution in [2.24, 2.45) is 10.3 Å². The van der Waals surface area contributed by atoms with Gasteiger partial charge in [0.05, 0.1) is 21.2 Å². The summed E-state index contributed by atoms with van der Waals surface area (Å²) >= 11 is 0. The standard InChI is InChI=1S/2C6H8N2O3S/c7-5-3-4(12(8,10)11)1-2-6(5)9;7-5-2-1-4(3-6(5)9)12(8,10)11/h2*1-3,9H,7H2,(H2,8,10,11). The van der Waals surface area contributed by atoms with Gasteiger partial charge in [-0.2, -0.15) is 0 Å². The number of primary sulfonamides is 2. The minimum Gasteiger partial charge on any atom is -0.506 e. The normalized spacial score (nSPS) is 11.4. The van der Waals surface area contributed by atoms with E-state index in [4.69, 9.17) is 32.0 Å². The number of nitrogens with two attached hydrogens (primary N) is 4. The molecule has 0 spiro atoms. The Morgan fingerprint density at radius 1 is 0.667 bits per heavy atom. The number of rotatable bonds is 2. The summed E-state index contributed by atoms with van der Waals surface area (Å²) in [5.74, 6) is -0.455. The molecule has 24 heavy (non-hydrogen) atoms. The van der Waals surface area contributed by atoms with Crippen LogP contribution in [0, 0.1) is 0 Å². The first-order chi connectivity index (χ1) is 10.8. The SMILES string of the molecule is Nc1cc(S(N)(=O)=O)ccc1O.Nc1ccc(S(N)(=O)=O)cc1O. The minimum absolute atomic E-state index is 0.0125. The zero-order chi connectivity index (χ0) is 18.7. The number of hydrogen-bond donors (Lipinski definition) is 6. The van der Waals surface area contributed by atoms with Crippen molar-refractivity contribution in [3.63, 3.8) is 0 Å². The van der Waals surface area contributed by atoms with Crippen LogP contribution in [0.25, 0.3) is 0 Å². The Morgan fingerprint density at radius 2 is 1.12 bits per heavy atom. The Balaban J connectivity index is 0.000000240. The van der Waals surface area contributed by atoms with E-state index in [1.165, 1.54) is 24.3 Å². The summed E-state index contributed by atoms with van der Waals surface area (Å²) in [6, 6.07) is 6.96. The summed E-state index contributed by atoms with van der Waals surface area (Å²) < 4.78 is 42.9. The van der Waals surface area contributed by atoms with Crippen LogP contribution in [-0.2, 0) is 20.0 Å². The number of phenolic OH excluding ortho intramolecular Hbond substituents is 2. The molecule has 0 fully saturated rings. The Hall–Kier alpha value is -2.54. The Bertz CT molecular complexity index is 878. The molecule has 0 atom stereocenters. The lowest BCUT2D eigenvalue weighted by Gasteiger charge is -2.00. The highest BCUT2D eigenvalue weighted by Crippen LogP contribution is 2.23. The fraction of sp³-hybridized carbons (Fsp3) is 0. The molecule has 0 aliphatic heterocycles. The first kappa shape index (κ1) is 19.5. The molecule has 0 aliphatic rings. The Morgan fingerprint density at radius 3 is 1.54 bits per heavy atom. The van der Waals surface area contributed by atoms with Crippen LogP contribution < -0.4 is 21.7 Å². The van der Waals surface area contributed by atoms with E-state index in [1.807, 2.05) is 0 Å². The van der Waals surface area contributed by atoms with Crippen LogP contribution in [0.3, 0.4) is 0 Å². The predicted molar refractivity (Wildman–Crippen MR) is 87.8 cm³/mol. The summed E-state index contributed by atoms with van der Waals surface area (Å²) in [6.45, 7) is 0. The van der Waals surface area contributed by atoms with Crippen LogP contribution in [0.4, 0.5) is 11.4 Å². The van der Waals surface area contributed by atoms with Crippen LogP contribution >= 0.6 is 0 Å². The number of hydrogen-bond acceptors (Lipinski definition) is 8. The van der Waals surface area contributed by atoms with E-state index in [1.54, 1.807) is 0 Å². The lowest BCUT2D eigenvalue weighted by molar-refractivity contribution is 0.475. The van der Waals surface area contributed by atoms with Crippen LogP contribution in [-0.4, -0.2) is 27.0 Å². The smallest absolute Gasteiger partial charge is 0.238 e. The van der Waals surface area contributed by atoms with Gasteiger partial charge in [-0.3, -0.25) is 0 Å². The summed E-state index contributed by atoms with van der Waals surface area (Å²) in [4.78, 5) is -0.271. The van der Waals surface area contributed by atoms with E-state index in [-0.39, 0.29) is 32.7 Å². The van der Waals surface area contributed by atoms with Crippen molar-refractivity contribution in [1.29, 1.82) is 0 Å². The average molecular weight is 376 g/mol. The molecule has 0 aromatic heterocycles. The lowest BCUT2D eigenvalue weighted by atomic mass is 10.3. The first-order valence-electron chi connectivity index (χ1n) is 6.05. The number of benzene rings is 2. The molecule has 2 aromatic rings. The molecule has 12 heteroatoms. The predicted octanol–water partition coefficient (Wildman–Crippen LogP) is -0.756. The van der Waals surface area contributed by atoms with Crippen LogP contribution in [0.5, 0.6) is 11.5 Å². The number of anilines is 2. The van der Waals surface area contributed by atoms with Crippen molar-refractivity contribution in [2.45, 2.75) is 9.79 Å². The fourth-order valence-electron chi connectivity index (χ4n) is 1.41. The summed E-state index contributed by atoms with van der Waals surface area (Å²) in [6.07, 6.45) is 0. The first-order valence-corrected chi connectivity index (χ1v) is 9.14. The van der Waals surface area contributed by atoms with E-state index < -0.39 is 20.0 Å². The van der Waals surface area contributed by atoms with E-state index in [2.05, 4.69) is 0 Å². The molecule has 0 unspecified atom stereocenters. The number of sulfonamides is 2. The van der Waals surface area contributed by atoms with E-state index in [0.29, 0.717) is 0 Å². The Kier molecular flexibility index (Phi) is 5.62. The fourth-order valence-corrected chi connectivity index (χ4v) is 2.49. The zero-order valence-electron chi connectivity index (χ0n) is 12.1. The molecular weight excluding hydrogens is 360 g/mol. The Labute approximate surface area is 138 Å². The highest BCUT2D eigenvalue weighted by atomic mass is 32.2. The third kappa shape index (κ3) is 5.27. The average Bonchev–Trinajstić information content (AvgIpc) is 2.43. The topological polar surface area (TPSA) is 213 Å². The van der Waals surface area contributed by atoms with Crippen LogP contribution in [0.1, 0.15) is 0 Å². The van der Waals surface area contributed by atoms with Crippen molar-refractivity contribution < 1.29 is 27.0 Å². The van der Waals surface area contributed by atoms with E-state index in [9.17, 15) is 16.8 Å². The largest absolute Gasteiger partial charge is 0.506 e. The third-order valence-electron chi connectivity index (χ3n) is 2.66. The van der Waals surface area contributed by atoms with Gasteiger partial charge in [0.2, 0.25) is 20.0 Å². The van der Waals surface area contributed by atoms with Crippen molar-refractivity contribution >= 4 is 31.4 Å². The molecule has 132 valence electrons. The second kappa shape index (κ2) is 6.92. The van der Waals surface area contributed by atoms with Gasteiger partial charge >= 0.3 is 0 Å². The quantitative estimate of drug-likeness (QED) is 0.289. The maximum atomic E-state index is 10.7. The van der Waals surface area contributed by atoms with Gasteiger partial charge in [0.25, 0.3) is 0 Å². The van der Waals surface area contributed by atoms with E-state index in [0.717, 1.165) is 12.1 Å². The minimum atomic E-state index is -3.76. The van der Waals surface area contributed by atoms with Gasteiger partial charge in [-0.15, -0.1) is 0 Å². The summed E-state index contributed by atoms with van der Waals surface area (Å²) in [5, 5.41) is 27.6. The molecular formula is C12H16N4O6S2. The van der Waals surface area contributed by atoms with E-state index >= 15 is 0 Å². The molecule has 0 aliphatic carbocycles. The van der Waals surface area contributed by atoms with Gasteiger partial charge in [-0.1, -0.05) is 0 Å². The second-order valence-electron chi connectivity index (χ2n) is 4.53. The monoisotopic (exact) mass is 376 g/mol. The van der Waals surface area contributed by atoms with Gasteiger partial charge in [-0.25, -0.2) is 27.1 Å². The lowest BCUT2D eigenvalue weighted by Crippen LogP contribution is -2.12. The van der Waals surface area contributed by atoms with Crippen LogP contribution in [0.15, 0.2) is 46.2 Å². The van der Waals surface area contributed by atoms with Gasteiger partial charge in [0, 0.05) is 6.07 Å². The number of nitrogen functional groups attached to an aromatic ring is 2. The van der Waals surface area contributed by atoms with Crippen molar-refractivity contribution in [1.82, 2.24) is 0 Å². The molecule has 0 amide bonds. The van der Waals surface area contributed by atoms with Crippen molar-refractivity contribution in [2.75, 3.05) is 11.5 Å². The third-order valence-corrected chi connectivity index (χ3v) is 4.48. The summed E-state index contributed by atoms with van der Waals surface area (Å²) in [5.41, 5.74) is 10.6. The zero-order valence-corrected chi connectivity index (χ0v) is 13.8. The summed E-state index contributed by atoms with van der Waals surface area (Å²) in [7, 11) is -7.49. The van der Waals surface area contributed by atoms with Crippen LogP contribution in [0.2, 0.25) is 0 Å². The molecule has 2 rings (SSSR count). The second-order valence-corrected chi connectivity index (χ2v) is 7.65. The maximum absolute atomic E-state index is 10.7. The molecule has 0 saturated carbocycles. The van der Waals surface area contributed by atoms with Gasteiger partial charge < -0.3 is 21.7 Å². The highest BCUT2D eigenvalue weighted by molar-refractivity contribution is 7.89. The molecule has 0 bridgehead atoms. The van der Waals surface area contributed by atoms with Crippen molar-refractivity contribution in [3.05, 3.63) is 36.4 Å². The molecule has 0 radical (unpaired) electrons. The molecule has 10 nitrogen and oxygen atoms in total. The molecule has 0 heterocycles. The van der Waals surface area contributed by atoms with Gasteiger partial charge in [0.15, 0.2) is 0 Å². The van der Waals surface area contributed by atoms with Gasteiger partial charge in [0.1, 0.15) is 11.5 Å². The van der Waals surface area contributed by atoms with Gasteiger partial charge in [-0.05, 0) is 30.3 Å². The maximum Gasteiger partial charge on any atom is 0.238 e. The number of aromatic hydroxyl groups is 2. The molecule has 0 saturated heterocycles. The highest BCUT2D eigenvalue weighted by Gasteiger charge is 2.09. The molecule has 10 N–H and O–H groups in total. The number of phenols is 2. The molecule has 2 aromatic carbocycles.